The van der Waals surface area contributed by atoms with Crippen LogP contribution in [0.15, 0.2) is 65.1 Å². The number of methoxy groups -OCH3 is 1. The third-order valence-corrected chi connectivity index (χ3v) is 7.15. The minimum atomic E-state index is -0.324. The summed E-state index contributed by atoms with van der Waals surface area (Å²) in [5.41, 5.74) is 3.29. The molecule has 6 heteroatoms. The predicted octanol–water partition coefficient (Wildman–Crippen LogP) is 6.96. The highest BCUT2D eigenvalue weighted by Crippen LogP contribution is 2.48. The molecule has 2 aliphatic rings. The molecule has 0 bridgehead atoms. The van der Waals surface area contributed by atoms with E-state index in [2.05, 4.69) is 47.6 Å². The molecule has 0 fully saturated rings. The zero-order valence-electron chi connectivity index (χ0n) is 19.2. The Hall–Kier alpha value is -2.99. The SMILES string of the molecule is CCCCCCOc1ccc([C@H]2Oc3ccccc3[C@H]3CC(c4cccs4)=NN32)cc1OC. The fourth-order valence-electron chi connectivity index (χ4n) is 4.51. The number of ether oxygens (including phenoxy) is 3. The van der Waals surface area contributed by atoms with Crippen LogP contribution in [-0.4, -0.2) is 24.4 Å². The Labute approximate surface area is 199 Å². The number of hydrogen-bond donors (Lipinski definition) is 0. The summed E-state index contributed by atoms with van der Waals surface area (Å²) in [6.45, 7) is 2.92. The summed E-state index contributed by atoms with van der Waals surface area (Å²) >= 11 is 1.73. The van der Waals surface area contributed by atoms with Gasteiger partial charge in [0.2, 0.25) is 6.23 Å². The topological polar surface area (TPSA) is 43.3 Å². The lowest BCUT2D eigenvalue weighted by Gasteiger charge is -2.38. The summed E-state index contributed by atoms with van der Waals surface area (Å²) in [4.78, 5) is 1.21. The van der Waals surface area contributed by atoms with E-state index in [-0.39, 0.29) is 12.3 Å². The molecule has 3 aromatic rings. The lowest BCUT2D eigenvalue weighted by Crippen LogP contribution is -2.33. The number of rotatable bonds is 9. The second-order valence-corrected chi connectivity index (χ2v) is 9.40. The van der Waals surface area contributed by atoms with Gasteiger partial charge in [-0.15, -0.1) is 11.3 Å². The van der Waals surface area contributed by atoms with Crippen LogP contribution in [0.4, 0.5) is 0 Å². The number of fused-ring (bicyclic) bond motifs is 3. The van der Waals surface area contributed by atoms with Gasteiger partial charge in [-0.25, -0.2) is 5.01 Å². The number of unbranched alkanes of at least 4 members (excludes halogenated alkanes) is 3. The Kier molecular flexibility index (Phi) is 6.53. The van der Waals surface area contributed by atoms with Gasteiger partial charge in [0.15, 0.2) is 11.5 Å². The van der Waals surface area contributed by atoms with Crippen molar-refractivity contribution in [2.45, 2.75) is 51.3 Å². The van der Waals surface area contributed by atoms with Gasteiger partial charge in [0.1, 0.15) is 5.75 Å². The van der Waals surface area contributed by atoms with Crippen LogP contribution >= 0.6 is 11.3 Å². The van der Waals surface area contributed by atoms with Crippen LogP contribution in [0, 0.1) is 0 Å². The molecule has 2 atom stereocenters. The van der Waals surface area contributed by atoms with Crippen molar-refractivity contribution in [1.29, 1.82) is 0 Å². The largest absolute Gasteiger partial charge is 0.493 e. The van der Waals surface area contributed by atoms with Crippen molar-refractivity contribution in [2.75, 3.05) is 13.7 Å². The van der Waals surface area contributed by atoms with E-state index >= 15 is 0 Å². The van der Waals surface area contributed by atoms with Crippen LogP contribution in [0.3, 0.4) is 0 Å². The Morgan fingerprint density at radius 2 is 1.97 bits per heavy atom. The van der Waals surface area contributed by atoms with E-state index in [0.717, 1.165) is 41.4 Å². The van der Waals surface area contributed by atoms with Crippen molar-refractivity contribution >= 4 is 17.0 Å². The fourth-order valence-corrected chi connectivity index (χ4v) is 5.23. The third-order valence-electron chi connectivity index (χ3n) is 6.23. The minimum absolute atomic E-state index is 0.150. The van der Waals surface area contributed by atoms with Crippen LogP contribution in [0.2, 0.25) is 0 Å². The summed E-state index contributed by atoms with van der Waals surface area (Å²) in [6, 6.07) is 18.7. The van der Waals surface area contributed by atoms with E-state index in [1.54, 1.807) is 18.4 Å². The lowest BCUT2D eigenvalue weighted by molar-refractivity contribution is -0.0191. The van der Waals surface area contributed by atoms with Gasteiger partial charge >= 0.3 is 0 Å². The smallest absolute Gasteiger partial charge is 0.214 e. The van der Waals surface area contributed by atoms with Gasteiger partial charge in [-0.3, -0.25) is 0 Å². The first-order valence-electron chi connectivity index (χ1n) is 11.7. The van der Waals surface area contributed by atoms with Crippen LogP contribution in [0.1, 0.15) is 67.3 Å². The zero-order valence-corrected chi connectivity index (χ0v) is 20.0. The van der Waals surface area contributed by atoms with Crippen molar-refractivity contribution in [3.8, 4) is 17.2 Å². The first-order valence-corrected chi connectivity index (χ1v) is 12.6. The molecule has 5 rings (SSSR count). The molecule has 0 aliphatic carbocycles. The van der Waals surface area contributed by atoms with E-state index in [0.29, 0.717) is 6.61 Å². The van der Waals surface area contributed by atoms with Crippen molar-refractivity contribution in [3.05, 3.63) is 76.0 Å². The van der Waals surface area contributed by atoms with Crippen LogP contribution < -0.4 is 14.2 Å². The van der Waals surface area contributed by atoms with E-state index < -0.39 is 0 Å². The van der Waals surface area contributed by atoms with E-state index in [1.165, 1.54) is 29.7 Å². The second kappa shape index (κ2) is 9.87. The average Bonchev–Trinajstić information content (AvgIpc) is 3.54. The van der Waals surface area contributed by atoms with Gasteiger partial charge in [0.05, 0.1) is 30.3 Å². The van der Waals surface area contributed by atoms with Crippen LogP contribution in [0.5, 0.6) is 17.2 Å². The molecule has 0 N–H and O–H groups in total. The van der Waals surface area contributed by atoms with E-state index in [4.69, 9.17) is 19.3 Å². The normalized spacial score (nSPS) is 18.8. The maximum absolute atomic E-state index is 6.49. The summed E-state index contributed by atoms with van der Waals surface area (Å²) in [7, 11) is 1.69. The van der Waals surface area contributed by atoms with E-state index in [9.17, 15) is 0 Å². The number of nitrogens with zero attached hydrogens (tertiary/aromatic N) is 2. The van der Waals surface area contributed by atoms with Gasteiger partial charge < -0.3 is 14.2 Å². The molecular weight excluding hydrogens is 432 g/mol. The third kappa shape index (κ3) is 4.44. The highest BCUT2D eigenvalue weighted by atomic mass is 32.1. The molecule has 5 nitrogen and oxygen atoms in total. The van der Waals surface area contributed by atoms with Crippen molar-refractivity contribution in [1.82, 2.24) is 5.01 Å². The maximum Gasteiger partial charge on any atom is 0.214 e. The molecule has 0 saturated heterocycles. The van der Waals surface area contributed by atoms with E-state index in [1.807, 2.05) is 24.3 Å². The first kappa shape index (κ1) is 21.8. The highest BCUT2D eigenvalue weighted by molar-refractivity contribution is 7.12. The molecule has 2 aliphatic heterocycles. The van der Waals surface area contributed by atoms with Gasteiger partial charge in [0, 0.05) is 17.5 Å². The Bertz CT molecular complexity index is 1110. The Morgan fingerprint density at radius 1 is 1.06 bits per heavy atom. The number of para-hydroxylation sites is 1. The molecule has 172 valence electrons. The minimum Gasteiger partial charge on any atom is -0.493 e. The first-order chi connectivity index (χ1) is 16.3. The van der Waals surface area contributed by atoms with Gasteiger partial charge in [-0.1, -0.05) is 50.5 Å². The summed E-state index contributed by atoms with van der Waals surface area (Å²) < 4.78 is 18.2. The van der Waals surface area contributed by atoms with Gasteiger partial charge in [-0.05, 0) is 42.1 Å². The monoisotopic (exact) mass is 462 g/mol. The molecule has 0 radical (unpaired) electrons. The number of thiophene rings is 1. The summed E-state index contributed by atoms with van der Waals surface area (Å²) in [5, 5.41) is 9.24. The molecule has 0 amide bonds. The van der Waals surface area contributed by atoms with Crippen LogP contribution in [-0.2, 0) is 0 Å². The number of benzene rings is 2. The maximum atomic E-state index is 6.49. The number of hydrogen-bond acceptors (Lipinski definition) is 6. The summed E-state index contributed by atoms with van der Waals surface area (Å²) in [5.74, 6) is 2.42. The molecule has 33 heavy (non-hydrogen) atoms. The molecule has 0 unspecified atom stereocenters. The highest BCUT2D eigenvalue weighted by Gasteiger charge is 2.41. The molecule has 0 spiro atoms. The number of hydrazone groups is 1. The summed E-state index contributed by atoms with van der Waals surface area (Å²) in [6.07, 6.45) is 5.24. The average molecular weight is 463 g/mol. The molecule has 3 heterocycles. The quantitative estimate of drug-likeness (QED) is 0.323. The molecule has 2 aromatic carbocycles. The Morgan fingerprint density at radius 3 is 2.79 bits per heavy atom. The molecule has 1 aromatic heterocycles. The standard InChI is InChI=1S/C27H30N2O3S/c1-3-4-5-8-15-31-24-14-13-19(17-25(24)30-2)27-29-22(20-10-6-7-11-23(20)32-27)18-21(28-29)26-12-9-16-33-26/h6-7,9-14,16-17,22,27H,3-5,8,15,18H2,1-2H3/t22-,27-/m1/s1. The Balaban J connectivity index is 1.42. The molecule has 0 saturated carbocycles. The van der Waals surface area contributed by atoms with Gasteiger partial charge in [0.25, 0.3) is 0 Å². The fraction of sp³-hybridized carbons (Fsp3) is 0.370. The van der Waals surface area contributed by atoms with Gasteiger partial charge in [-0.2, -0.15) is 5.10 Å². The molecular formula is C27H30N2O3S. The lowest BCUT2D eigenvalue weighted by atomic mass is 9.97. The van der Waals surface area contributed by atoms with Crippen molar-refractivity contribution in [3.63, 3.8) is 0 Å². The van der Waals surface area contributed by atoms with Crippen molar-refractivity contribution < 1.29 is 14.2 Å². The van der Waals surface area contributed by atoms with Crippen LogP contribution in [0.25, 0.3) is 0 Å². The zero-order chi connectivity index (χ0) is 22.6. The van der Waals surface area contributed by atoms with Crippen molar-refractivity contribution in [2.24, 2.45) is 5.10 Å². The predicted molar refractivity (Wildman–Crippen MR) is 132 cm³/mol. The second-order valence-electron chi connectivity index (χ2n) is 8.45.